The van der Waals surface area contributed by atoms with Crippen LogP contribution in [0.3, 0.4) is 0 Å². The van der Waals surface area contributed by atoms with Gasteiger partial charge in [0.05, 0.1) is 22.3 Å². The van der Waals surface area contributed by atoms with Gasteiger partial charge in [0, 0.05) is 17.7 Å². The van der Waals surface area contributed by atoms with Crippen molar-refractivity contribution in [2.45, 2.75) is 24.9 Å². The number of benzene rings is 3. The molecule has 0 spiro atoms. The van der Waals surface area contributed by atoms with Gasteiger partial charge in [0.1, 0.15) is 5.82 Å². The van der Waals surface area contributed by atoms with Gasteiger partial charge in [-0.15, -0.1) is 0 Å². The van der Waals surface area contributed by atoms with E-state index < -0.39 is 5.82 Å². The van der Waals surface area contributed by atoms with Crippen LogP contribution in [0.4, 0.5) is 10.1 Å². The van der Waals surface area contributed by atoms with Crippen molar-refractivity contribution in [3.05, 3.63) is 93.5 Å². The number of thioether (sulfide) groups is 1. The number of hydrogen-bond acceptors (Lipinski definition) is 5. The molecule has 34 heavy (non-hydrogen) atoms. The topological polar surface area (TPSA) is 81.1 Å². The molecule has 0 saturated carbocycles. The third-order valence-electron chi connectivity index (χ3n) is 5.81. The molecule has 1 aliphatic heterocycles. The summed E-state index contributed by atoms with van der Waals surface area (Å²) in [6, 6.07) is 16.8. The first-order valence-electron chi connectivity index (χ1n) is 10.8. The molecule has 0 fully saturated rings. The smallest absolute Gasteiger partial charge is 0.266 e. The fourth-order valence-electron chi connectivity index (χ4n) is 3.93. The molecule has 0 bridgehead atoms. The van der Waals surface area contributed by atoms with Crippen molar-refractivity contribution in [3.63, 3.8) is 0 Å². The number of fused-ring (bicyclic) bond motifs is 2. The Morgan fingerprint density at radius 1 is 1.09 bits per heavy atom. The van der Waals surface area contributed by atoms with Gasteiger partial charge in [0.25, 0.3) is 5.56 Å². The van der Waals surface area contributed by atoms with Gasteiger partial charge < -0.3 is 5.32 Å². The Labute approximate surface area is 198 Å². The number of nitrogens with one attached hydrogen (secondary N) is 1. The van der Waals surface area contributed by atoms with Gasteiger partial charge in [-0.05, 0) is 66.9 Å². The van der Waals surface area contributed by atoms with Gasteiger partial charge in [-0.25, -0.2) is 9.37 Å². The van der Waals surface area contributed by atoms with Gasteiger partial charge in [0.2, 0.25) is 5.91 Å². The highest BCUT2D eigenvalue weighted by atomic mass is 32.2. The second-order valence-corrected chi connectivity index (χ2v) is 9.06. The molecule has 170 valence electrons. The predicted molar refractivity (Wildman–Crippen MR) is 130 cm³/mol. The monoisotopic (exact) mass is 473 g/mol. The highest BCUT2D eigenvalue weighted by Gasteiger charge is 2.19. The van der Waals surface area contributed by atoms with E-state index >= 15 is 0 Å². The molecule has 1 N–H and O–H groups in total. The Morgan fingerprint density at radius 3 is 2.74 bits per heavy atom. The molecule has 1 aromatic heterocycles. The molecule has 0 atom stereocenters. The molecule has 2 heterocycles. The van der Waals surface area contributed by atoms with Crippen LogP contribution >= 0.6 is 11.8 Å². The molecule has 1 aliphatic rings. The molecule has 5 rings (SSSR count). The van der Waals surface area contributed by atoms with E-state index in [9.17, 15) is 18.8 Å². The summed E-state index contributed by atoms with van der Waals surface area (Å²) in [7, 11) is 0. The Bertz CT molecular complexity index is 1530. The van der Waals surface area contributed by atoms with Gasteiger partial charge in [-0.3, -0.25) is 19.0 Å². The molecule has 3 aromatic carbocycles. The number of aryl methyl sites for hydroxylation is 2. The number of para-hydroxylation sites is 1. The predicted octanol–water partition coefficient (Wildman–Crippen LogP) is 4.69. The van der Waals surface area contributed by atoms with Crippen molar-refractivity contribution in [2.24, 2.45) is 0 Å². The summed E-state index contributed by atoms with van der Waals surface area (Å²) in [5.41, 5.74) is 3.19. The Hall–Kier alpha value is -3.78. The average Bonchev–Trinajstić information content (AvgIpc) is 2.84. The summed E-state index contributed by atoms with van der Waals surface area (Å²) in [5.74, 6) is -0.543. The van der Waals surface area contributed by atoms with Crippen molar-refractivity contribution in [2.75, 3.05) is 11.1 Å². The van der Waals surface area contributed by atoms with Crippen LogP contribution < -0.4 is 10.9 Å². The fraction of sp³-hybridized carbons (Fsp3) is 0.154. The number of rotatable bonds is 5. The van der Waals surface area contributed by atoms with Crippen LogP contribution in [0.5, 0.6) is 0 Å². The first kappa shape index (κ1) is 22.0. The Balaban J connectivity index is 1.50. The van der Waals surface area contributed by atoms with Gasteiger partial charge in [0.15, 0.2) is 10.9 Å². The fourth-order valence-corrected chi connectivity index (χ4v) is 4.84. The zero-order valence-corrected chi connectivity index (χ0v) is 19.1. The maximum absolute atomic E-state index is 14.3. The van der Waals surface area contributed by atoms with Crippen molar-refractivity contribution < 1.29 is 14.0 Å². The lowest BCUT2D eigenvalue weighted by Crippen LogP contribution is -2.22. The maximum atomic E-state index is 14.3. The maximum Gasteiger partial charge on any atom is 0.266 e. The number of halogens is 1. The summed E-state index contributed by atoms with van der Waals surface area (Å²) >= 11 is 1.13. The lowest BCUT2D eigenvalue weighted by Gasteiger charge is -2.17. The first-order chi connectivity index (χ1) is 16.4. The zero-order chi connectivity index (χ0) is 23.8. The van der Waals surface area contributed by atoms with E-state index in [1.165, 1.54) is 10.6 Å². The first-order valence-corrected chi connectivity index (χ1v) is 11.8. The minimum atomic E-state index is -0.425. The molecule has 4 aromatic rings. The summed E-state index contributed by atoms with van der Waals surface area (Å²) in [6.45, 7) is 1.65. The standard InChI is InChI=1S/C26H20FN3O3S/c1-15-6-9-18(13-20(15)27)30-25(33)19-4-2-3-5-22(19)29-26(30)34-14-23(31)17-7-10-21-16(12-17)8-11-24(32)28-21/h2-7,9-10,12-13H,8,11,14H2,1H3,(H,28,32). The van der Waals surface area contributed by atoms with E-state index in [-0.39, 0.29) is 23.0 Å². The molecular formula is C26H20FN3O3S. The van der Waals surface area contributed by atoms with Gasteiger partial charge in [-0.2, -0.15) is 0 Å². The highest BCUT2D eigenvalue weighted by molar-refractivity contribution is 7.99. The largest absolute Gasteiger partial charge is 0.326 e. The SMILES string of the molecule is Cc1ccc(-n2c(SCC(=O)c3ccc4c(c3)CCC(=O)N4)nc3ccccc3c2=O)cc1F. The number of ketones is 1. The van der Waals surface area contributed by atoms with Crippen molar-refractivity contribution >= 4 is 40.0 Å². The normalized spacial score (nSPS) is 12.9. The lowest BCUT2D eigenvalue weighted by atomic mass is 9.99. The molecule has 0 saturated heterocycles. The quantitative estimate of drug-likeness (QED) is 0.258. The van der Waals surface area contributed by atoms with E-state index in [4.69, 9.17) is 0 Å². The highest BCUT2D eigenvalue weighted by Crippen LogP contribution is 2.26. The number of nitrogens with zero attached hydrogens (tertiary/aromatic N) is 2. The van der Waals surface area contributed by atoms with Crippen LogP contribution in [0.25, 0.3) is 16.6 Å². The minimum Gasteiger partial charge on any atom is -0.326 e. The molecule has 8 heteroatoms. The molecule has 1 amide bonds. The summed E-state index contributed by atoms with van der Waals surface area (Å²) in [6.07, 6.45) is 0.972. The van der Waals surface area contributed by atoms with Crippen molar-refractivity contribution in [3.8, 4) is 5.69 Å². The minimum absolute atomic E-state index is 0.0324. The second kappa shape index (κ2) is 8.87. The van der Waals surface area contributed by atoms with Crippen LogP contribution in [0.1, 0.15) is 27.9 Å². The molecule has 6 nitrogen and oxygen atoms in total. The van der Waals surface area contributed by atoms with Crippen LogP contribution in [-0.2, 0) is 11.2 Å². The number of carbonyl (C=O) groups excluding carboxylic acids is 2. The van der Waals surface area contributed by atoms with Crippen LogP contribution in [0.2, 0.25) is 0 Å². The van der Waals surface area contributed by atoms with Crippen LogP contribution in [-0.4, -0.2) is 27.0 Å². The summed E-state index contributed by atoms with van der Waals surface area (Å²) < 4.78 is 15.7. The van der Waals surface area contributed by atoms with Crippen molar-refractivity contribution in [1.82, 2.24) is 9.55 Å². The van der Waals surface area contributed by atoms with Crippen LogP contribution in [0, 0.1) is 12.7 Å². The van der Waals surface area contributed by atoms with E-state index in [1.54, 1.807) is 61.5 Å². The van der Waals surface area contributed by atoms with Gasteiger partial charge in [-0.1, -0.05) is 30.0 Å². The molecule has 0 unspecified atom stereocenters. The number of aromatic nitrogens is 2. The van der Waals surface area contributed by atoms with E-state index in [0.29, 0.717) is 45.7 Å². The molecule has 0 aliphatic carbocycles. The Morgan fingerprint density at radius 2 is 1.91 bits per heavy atom. The summed E-state index contributed by atoms with van der Waals surface area (Å²) in [5, 5.41) is 3.53. The zero-order valence-electron chi connectivity index (χ0n) is 18.3. The van der Waals surface area contributed by atoms with E-state index in [1.807, 2.05) is 0 Å². The van der Waals surface area contributed by atoms with E-state index in [0.717, 1.165) is 23.0 Å². The summed E-state index contributed by atoms with van der Waals surface area (Å²) in [4.78, 5) is 42.5. The average molecular weight is 474 g/mol. The third-order valence-corrected chi connectivity index (χ3v) is 6.75. The Kier molecular flexibility index (Phi) is 5.75. The number of hydrogen-bond donors (Lipinski definition) is 1. The van der Waals surface area contributed by atoms with E-state index in [2.05, 4.69) is 10.3 Å². The second-order valence-electron chi connectivity index (χ2n) is 8.12. The van der Waals surface area contributed by atoms with Gasteiger partial charge >= 0.3 is 0 Å². The molecular weight excluding hydrogens is 453 g/mol. The van der Waals surface area contributed by atoms with Crippen molar-refractivity contribution in [1.29, 1.82) is 0 Å². The number of Topliss-reactive ketones (excluding diaryl/α,β-unsaturated/α-hetero) is 1. The number of carbonyl (C=O) groups is 2. The lowest BCUT2D eigenvalue weighted by molar-refractivity contribution is -0.116. The number of anilines is 1. The molecule has 0 radical (unpaired) electrons. The third kappa shape index (κ3) is 4.12. The van der Waals surface area contributed by atoms with Crippen LogP contribution in [0.15, 0.2) is 70.6 Å². The number of amides is 1.